The zero-order chi connectivity index (χ0) is 21.5. The van der Waals surface area contributed by atoms with E-state index in [0.717, 1.165) is 0 Å². The lowest BCUT2D eigenvalue weighted by atomic mass is 10.1. The van der Waals surface area contributed by atoms with Crippen LogP contribution in [0.2, 0.25) is 10.0 Å². The molecule has 29 heavy (non-hydrogen) atoms. The van der Waals surface area contributed by atoms with Crippen molar-refractivity contribution in [3.05, 3.63) is 57.7 Å². The number of primary sulfonamides is 1. The largest absolute Gasteiger partial charge is 0.494 e. The third kappa shape index (κ3) is 3.95. The van der Waals surface area contributed by atoms with Gasteiger partial charge in [-0.1, -0.05) is 23.2 Å². The maximum Gasteiger partial charge on any atom is 0.356 e. The number of carbonyl (C=O) groups is 1. The topological polar surface area (TPSA) is 125 Å². The second-order valence-electron chi connectivity index (χ2n) is 6.05. The number of carboxylic acid groups (broad SMARTS) is 1. The van der Waals surface area contributed by atoms with Crippen molar-refractivity contribution in [3.63, 3.8) is 0 Å². The maximum atomic E-state index is 11.6. The molecule has 3 rings (SSSR count). The first-order valence-electron chi connectivity index (χ1n) is 8.04. The van der Waals surface area contributed by atoms with E-state index in [-0.39, 0.29) is 26.4 Å². The Hall–Kier alpha value is -2.59. The second kappa shape index (κ2) is 7.68. The number of nitrogens with zero attached hydrogens (tertiary/aromatic N) is 2. The van der Waals surface area contributed by atoms with E-state index in [1.54, 1.807) is 19.1 Å². The van der Waals surface area contributed by atoms with Gasteiger partial charge in [0.25, 0.3) is 0 Å². The average molecular weight is 456 g/mol. The zero-order valence-electron chi connectivity index (χ0n) is 15.2. The van der Waals surface area contributed by atoms with Crippen molar-refractivity contribution < 1.29 is 23.1 Å². The molecule has 0 aliphatic heterocycles. The minimum atomic E-state index is -3.87. The molecule has 2 aromatic carbocycles. The average Bonchev–Trinajstić information content (AvgIpc) is 2.98. The summed E-state index contributed by atoms with van der Waals surface area (Å²) in [6, 6.07) is 8.70. The van der Waals surface area contributed by atoms with Crippen LogP contribution >= 0.6 is 23.2 Å². The third-order valence-corrected chi connectivity index (χ3v) is 5.70. The molecule has 0 atom stereocenters. The van der Waals surface area contributed by atoms with Crippen LogP contribution in [0.15, 0.2) is 41.3 Å². The first kappa shape index (κ1) is 21.1. The molecule has 0 spiro atoms. The van der Waals surface area contributed by atoms with Gasteiger partial charge in [0.05, 0.1) is 33.4 Å². The summed E-state index contributed by atoms with van der Waals surface area (Å²) in [5, 5.41) is 19.3. The number of aromatic carboxylic acids is 1. The van der Waals surface area contributed by atoms with E-state index < -0.39 is 16.0 Å². The van der Waals surface area contributed by atoms with Crippen molar-refractivity contribution in [2.24, 2.45) is 5.14 Å². The van der Waals surface area contributed by atoms with Crippen molar-refractivity contribution in [3.8, 4) is 22.7 Å². The van der Waals surface area contributed by atoms with Gasteiger partial charge >= 0.3 is 5.97 Å². The van der Waals surface area contributed by atoms with E-state index in [1.165, 1.54) is 36.1 Å². The summed E-state index contributed by atoms with van der Waals surface area (Å²) in [4.78, 5) is 11.5. The highest BCUT2D eigenvalue weighted by Gasteiger charge is 2.23. The Morgan fingerprint density at radius 3 is 2.17 bits per heavy atom. The number of aromatic nitrogens is 2. The fourth-order valence-electron chi connectivity index (χ4n) is 2.89. The molecule has 3 N–H and O–H groups in total. The van der Waals surface area contributed by atoms with E-state index in [1.807, 2.05) is 0 Å². The number of sulfonamides is 1. The highest BCUT2D eigenvalue weighted by Crippen LogP contribution is 2.39. The summed E-state index contributed by atoms with van der Waals surface area (Å²) < 4.78 is 29.5. The van der Waals surface area contributed by atoms with E-state index in [9.17, 15) is 18.3 Å². The predicted molar refractivity (Wildman–Crippen MR) is 109 cm³/mol. The molecule has 0 saturated carbocycles. The van der Waals surface area contributed by atoms with Gasteiger partial charge in [0, 0.05) is 11.1 Å². The van der Waals surface area contributed by atoms with Crippen molar-refractivity contribution in [1.82, 2.24) is 9.78 Å². The Morgan fingerprint density at radius 1 is 1.17 bits per heavy atom. The minimum Gasteiger partial charge on any atom is -0.494 e. The molecule has 1 aromatic heterocycles. The van der Waals surface area contributed by atoms with Gasteiger partial charge in [-0.05, 0) is 43.3 Å². The van der Waals surface area contributed by atoms with Gasteiger partial charge in [-0.3, -0.25) is 0 Å². The normalized spacial score (nSPS) is 11.5. The van der Waals surface area contributed by atoms with E-state index in [2.05, 4.69) is 5.10 Å². The highest BCUT2D eigenvalue weighted by atomic mass is 35.5. The molecular formula is C18H15Cl2N3O5S. The van der Waals surface area contributed by atoms with Crippen LogP contribution in [0.25, 0.3) is 16.9 Å². The quantitative estimate of drug-likeness (QED) is 0.606. The number of rotatable bonds is 5. The molecule has 3 aromatic rings. The smallest absolute Gasteiger partial charge is 0.356 e. The van der Waals surface area contributed by atoms with Crippen LogP contribution in [0.4, 0.5) is 0 Å². The van der Waals surface area contributed by atoms with Gasteiger partial charge in [-0.15, -0.1) is 0 Å². The number of methoxy groups -OCH3 is 1. The number of benzene rings is 2. The Kier molecular flexibility index (Phi) is 5.59. The fraction of sp³-hybridized carbons (Fsp3) is 0.111. The van der Waals surface area contributed by atoms with Gasteiger partial charge in [0.15, 0.2) is 11.4 Å². The number of hydrogen-bond acceptors (Lipinski definition) is 5. The van der Waals surface area contributed by atoms with Gasteiger partial charge in [0.1, 0.15) is 0 Å². The summed E-state index contributed by atoms with van der Waals surface area (Å²) in [6.07, 6.45) is 0. The lowest BCUT2D eigenvalue weighted by Crippen LogP contribution is -2.12. The molecule has 152 valence electrons. The SMILES string of the molecule is COc1c(Cl)cc(-c2c(C)c(C(=O)O)nn2-c2ccc(S(N)(=O)=O)cc2)cc1Cl. The second-order valence-corrected chi connectivity index (χ2v) is 8.43. The molecule has 11 heteroatoms. The van der Waals surface area contributed by atoms with Crippen molar-refractivity contribution >= 4 is 39.2 Å². The number of halogens is 2. The standard InChI is InChI=1S/C18H15Cl2N3O5S/c1-9-15(18(24)25)22-23(11-3-5-12(6-4-11)29(21,26)27)16(9)10-7-13(19)17(28-2)14(20)8-10/h3-8H,1-2H3,(H,24,25)(H2,21,26,27). The molecule has 0 unspecified atom stereocenters. The van der Waals surface area contributed by atoms with Crippen LogP contribution in [-0.4, -0.2) is 36.4 Å². The minimum absolute atomic E-state index is 0.0827. The van der Waals surface area contributed by atoms with Crippen LogP contribution in [0.5, 0.6) is 5.75 Å². The maximum absolute atomic E-state index is 11.6. The molecule has 0 saturated heterocycles. The Bertz CT molecular complexity index is 1200. The van der Waals surface area contributed by atoms with Crippen molar-refractivity contribution in [1.29, 1.82) is 0 Å². The van der Waals surface area contributed by atoms with Gasteiger partial charge in [0.2, 0.25) is 10.0 Å². The number of nitrogens with two attached hydrogens (primary N) is 1. The summed E-state index contributed by atoms with van der Waals surface area (Å²) >= 11 is 12.5. The van der Waals surface area contributed by atoms with Gasteiger partial charge in [-0.2, -0.15) is 5.10 Å². The number of ether oxygens (including phenoxy) is 1. The predicted octanol–water partition coefficient (Wildman–Crippen LogP) is 3.51. The lowest BCUT2D eigenvalue weighted by Gasteiger charge is -2.12. The monoisotopic (exact) mass is 455 g/mol. The molecule has 0 fully saturated rings. The van der Waals surface area contributed by atoms with E-state index in [4.69, 9.17) is 33.1 Å². The molecule has 1 heterocycles. The molecule has 0 aliphatic rings. The summed E-state index contributed by atoms with van der Waals surface area (Å²) in [6.45, 7) is 1.60. The van der Waals surface area contributed by atoms with Crippen LogP contribution in [-0.2, 0) is 10.0 Å². The fourth-order valence-corrected chi connectivity index (χ4v) is 4.05. The molecular weight excluding hydrogens is 441 g/mol. The van der Waals surface area contributed by atoms with Gasteiger partial charge < -0.3 is 9.84 Å². The highest BCUT2D eigenvalue weighted by molar-refractivity contribution is 7.89. The van der Waals surface area contributed by atoms with Crippen molar-refractivity contribution in [2.45, 2.75) is 11.8 Å². The first-order valence-corrected chi connectivity index (χ1v) is 10.3. The summed E-state index contributed by atoms with van der Waals surface area (Å²) in [5.74, 6) is -0.925. The zero-order valence-corrected chi connectivity index (χ0v) is 17.5. The van der Waals surface area contributed by atoms with E-state index in [0.29, 0.717) is 22.5 Å². The van der Waals surface area contributed by atoms with Crippen LogP contribution in [0, 0.1) is 6.92 Å². The molecule has 0 radical (unpaired) electrons. The number of hydrogen-bond donors (Lipinski definition) is 2. The van der Waals surface area contributed by atoms with Crippen LogP contribution in [0.1, 0.15) is 16.1 Å². The van der Waals surface area contributed by atoms with Gasteiger partial charge in [-0.25, -0.2) is 23.0 Å². The van der Waals surface area contributed by atoms with Crippen LogP contribution < -0.4 is 9.88 Å². The molecule has 0 aliphatic carbocycles. The van der Waals surface area contributed by atoms with Crippen molar-refractivity contribution in [2.75, 3.05) is 7.11 Å². The first-order chi connectivity index (χ1) is 13.5. The number of carboxylic acids is 1. The summed E-state index contributed by atoms with van der Waals surface area (Å²) in [5.41, 5.74) is 1.57. The molecule has 0 amide bonds. The molecule has 0 bridgehead atoms. The third-order valence-electron chi connectivity index (χ3n) is 4.21. The Balaban J connectivity index is 2.27. The van der Waals surface area contributed by atoms with E-state index >= 15 is 0 Å². The molecule has 8 nitrogen and oxygen atoms in total. The Labute approximate surface area is 176 Å². The van der Waals surface area contributed by atoms with Crippen LogP contribution in [0.3, 0.4) is 0 Å². The Morgan fingerprint density at radius 2 is 1.72 bits per heavy atom. The summed E-state index contributed by atoms with van der Waals surface area (Å²) in [7, 11) is -2.44. The lowest BCUT2D eigenvalue weighted by molar-refractivity contribution is 0.0689.